The van der Waals surface area contributed by atoms with Crippen molar-refractivity contribution in [3.8, 4) is 0 Å². The van der Waals surface area contributed by atoms with Crippen LogP contribution in [0.15, 0.2) is 6.07 Å². The Hall–Kier alpha value is -1.65. The second-order valence-corrected chi connectivity index (χ2v) is 3.74. The van der Waals surface area contributed by atoms with Crippen LogP contribution >= 0.6 is 0 Å². The number of anilines is 1. The molecule has 0 saturated heterocycles. The van der Waals surface area contributed by atoms with Gasteiger partial charge in [0.2, 0.25) is 11.9 Å². The van der Waals surface area contributed by atoms with E-state index in [1.165, 1.54) is 0 Å². The molecule has 0 saturated carbocycles. The van der Waals surface area contributed by atoms with Gasteiger partial charge in [0.1, 0.15) is 0 Å². The lowest BCUT2D eigenvalue weighted by Gasteiger charge is -2.09. The predicted octanol–water partition coefficient (Wildman–Crippen LogP) is 1.19. The molecule has 0 radical (unpaired) electrons. The number of amides is 1. The molecule has 0 aliphatic heterocycles. The van der Waals surface area contributed by atoms with Gasteiger partial charge in [-0.2, -0.15) is 0 Å². The number of aromatic nitrogens is 2. The van der Waals surface area contributed by atoms with Crippen LogP contribution in [0.1, 0.15) is 25.2 Å². The zero-order chi connectivity index (χ0) is 11.4. The standard InChI is InChI=1S/C10H16N4O/c1-6(2)9(15)13-14-10-11-7(3)5-8(4)12-10/h5-6H,1-4H3,(H,13,15)(H,11,12,14). The lowest BCUT2D eigenvalue weighted by Crippen LogP contribution is -2.33. The second-order valence-electron chi connectivity index (χ2n) is 3.74. The fraction of sp³-hybridized carbons (Fsp3) is 0.500. The number of nitrogens with one attached hydrogen (secondary N) is 2. The molecule has 1 amide bonds. The molecule has 0 atom stereocenters. The molecule has 0 spiro atoms. The molecule has 0 aliphatic rings. The first kappa shape index (κ1) is 11.4. The number of hydrazine groups is 1. The average molecular weight is 208 g/mol. The second kappa shape index (κ2) is 4.72. The van der Waals surface area contributed by atoms with Gasteiger partial charge >= 0.3 is 0 Å². The van der Waals surface area contributed by atoms with E-state index in [0.29, 0.717) is 5.95 Å². The van der Waals surface area contributed by atoms with Gasteiger partial charge in [0.25, 0.3) is 0 Å². The van der Waals surface area contributed by atoms with Crippen molar-refractivity contribution >= 4 is 11.9 Å². The van der Waals surface area contributed by atoms with E-state index in [4.69, 9.17) is 0 Å². The van der Waals surface area contributed by atoms with E-state index in [-0.39, 0.29) is 11.8 Å². The van der Waals surface area contributed by atoms with Crippen molar-refractivity contribution in [2.75, 3.05) is 5.43 Å². The van der Waals surface area contributed by atoms with Crippen LogP contribution in [0.2, 0.25) is 0 Å². The van der Waals surface area contributed by atoms with E-state index < -0.39 is 0 Å². The molecule has 0 bridgehead atoms. The highest BCUT2D eigenvalue weighted by Gasteiger charge is 2.06. The molecule has 1 aromatic heterocycles. The minimum atomic E-state index is -0.0854. The molecule has 82 valence electrons. The van der Waals surface area contributed by atoms with E-state index in [9.17, 15) is 4.79 Å². The topological polar surface area (TPSA) is 66.9 Å². The lowest BCUT2D eigenvalue weighted by atomic mass is 10.2. The van der Waals surface area contributed by atoms with Crippen LogP contribution in [0.4, 0.5) is 5.95 Å². The van der Waals surface area contributed by atoms with E-state index in [0.717, 1.165) is 11.4 Å². The molecule has 0 unspecified atom stereocenters. The number of hydrogen-bond acceptors (Lipinski definition) is 4. The highest BCUT2D eigenvalue weighted by atomic mass is 16.2. The van der Waals surface area contributed by atoms with E-state index in [1.54, 1.807) is 0 Å². The monoisotopic (exact) mass is 208 g/mol. The molecular formula is C10H16N4O. The van der Waals surface area contributed by atoms with E-state index in [2.05, 4.69) is 20.8 Å². The molecule has 1 heterocycles. The van der Waals surface area contributed by atoms with Gasteiger partial charge in [-0.05, 0) is 19.9 Å². The maximum atomic E-state index is 11.3. The summed E-state index contributed by atoms with van der Waals surface area (Å²) in [7, 11) is 0. The average Bonchev–Trinajstić information content (AvgIpc) is 2.12. The zero-order valence-electron chi connectivity index (χ0n) is 9.46. The van der Waals surface area contributed by atoms with Gasteiger partial charge in [-0.1, -0.05) is 13.8 Å². The first-order valence-electron chi connectivity index (χ1n) is 4.87. The van der Waals surface area contributed by atoms with Crippen molar-refractivity contribution in [1.82, 2.24) is 15.4 Å². The summed E-state index contributed by atoms with van der Waals surface area (Å²) in [6.45, 7) is 7.40. The molecule has 2 N–H and O–H groups in total. The Balaban J connectivity index is 2.61. The third kappa shape index (κ3) is 3.53. The number of nitrogens with zero attached hydrogens (tertiary/aromatic N) is 2. The van der Waals surface area contributed by atoms with Crippen molar-refractivity contribution in [2.24, 2.45) is 5.92 Å². The van der Waals surface area contributed by atoms with Crippen molar-refractivity contribution in [2.45, 2.75) is 27.7 Å². The van der Waals surface area contributed by atoms with Crippen molar-refractivity contribution < 1.29 is 4.79 Å². The summed E-state index contributed by atoms with van der Waals surface area (Å²) in [5, 5.41) is 0. The molecule has 5 nitrogen and oxygen atoms in total. The fourth-order valence-electron chi connectivity index (χ4n) is 1.04. The highest BCUT2D eigenvalue weighted by molar-refractivity contribution is 5.78. The summed E-state index contributed by atoms with van der Waals surface area (Å²) in [5.41, 5.74) is 6.95. The predicted molar refractivity (Wildman–Crippen MR) is 58.1 cm³/mol. The number of rotatable bonds is 3. The minimum absolute atomic E-state index is 0.0663. The first-order valence-corrected chi connectivity index (χ1v) is 4.87. The Morgan fingerprint density at radius 1 is 1.27 bits per heavy atom. The smallest absolute Gasteiger partial charge is 0.242 e. The Kier molecular flexibility index (Phi) is 3.60. The maximum absolute atomic E-state index is 11.3. The normalized spacial score (nSPS) is 10.2. The number of carbonyl (C=O) groups excluding carboxylic acids is 1. The summed E-state index contributed by atoms with van der Waals surface area (Å²) in [4.78, 5) is 19.5. The summed E-state index contributed by atoms with van der Waals surface area (Å²) in [5.74, 6) is 0.266. The van der Waals surface area contributed by atoms with Crippen molar-refractivity contribution in [1.29, 1.82) is 0 Å². The van der Waals surface area contributed by atoms with Gasteiger partial charge in [-0.25, -0.2) is 9.97 Å². The van der Waals surface area contributed by atoms with Gasteiger partial charge in [0.15, 0.2) is 0 Å². The Labute approximate surface area is 89.3 Å². The summed E-state index contributed by atoms with van der Waals surface area (Å²) >= 11 is 0. The lowest BCUT2D eigenvalue weighted by molar-refractivity contribution is -0.123. The van der Waals surface area contributed by atoms with E-state index in [1.807, 2.05) is 33.8 Å². The van der Waals surface area contributed by atoms with Crippen LogP contribution in [0.5, 0.6) is 0 Å². The minimum Gasteiger partial charge on any atom is -0.273 e. The molecule has 15 heavy (non-hydrogen) atoms. The van der Waals surface area contributed by atoms with Crippen LogP contribution in [0.25, 0.3) is 0 Å². The molecule has 5 heteroatoms. The van der Waals surface area contributed by atoms with E-state index >= 15 is 0 Å². The Bertz CT molecular complexity index is 342. The Morgan fingerprint density at radius 3 is 2.27 bits per heavy atom. The summed E-state index contributed by atoms with van der Waals surface area (Å²) in [6.07, 6.45) is 0. The van der Waals surface area contributed by atoms with Gasteiger partial charge in [-0.3, -0.25) is 15.6 Å². The summed E-state index contributed by atoms with van der Waals surface area (Å²) < 4.78 is 0. The number of hydrogen-bond donors (Lipinski definition) is 2. The van der Waals surface area contributed by atoms with Gasteiger partial charge in [0.05, 0.1) is 0 Å². The molecule has 0 fully saturated rings. The molecule has 1 aromatic rings. The molecular weight excluding hydrogens is 192 g/mol. The van der Waals surface area contributed by atoms with Crippen molar-refractivity contribution in [3.63, 3.8) is 0 Å². The van der Waals surface area contributed by atoms with Crippen LogP contribution < -0.4 is 10.9 Å². The Morgan fingerprint density at radius 2 is 1.80 bits per heavy atom. The van der Waals surface area contributed by atoms with Crippen LogP contribution in [0.3, 0.4) is 0 Å². The molecule has 0 aliphatic carbocycles. The fourth-order valence-corrected chi connectivity index (χ4v) is 1.04. The highest BCUT2D eigenvalue weighted by Crippen LogP contribution is 2.02. The van der Waals surface area contributed by atoms with Crippen LogP contribution in [-0.4, -0.2) is 15.9 Å². The molecule has 1 rings (SSSR count). The quantitative estimate of drug-likeness (QED) is 0.732. The van der Waals surface area contributed by atoms with Crippen LogP contribution in [0, 0.1) is 19.8 Å². The molecule has 0 aromatic carbocycles. The summed E-state index contributed by atoms with van der Waals surface area (Å²) in [6, 6.07) is 1.87. The van der Waals surface area contributed by atoms with Crippen LogP contribution in [-0.2, 0) is 4.79 Å². The zero-order valence-corrected chi connectivity index (χ0v) is 9.46. The first-order chi connectivity index (χ1) is 6.99. The van der Waals surface area contributed by atoms with Gasteiger partial charge in [-0.15, -0.1) is 0 Å². The maximum Gasteiger partial charge on any atom is 0.242 e. The largest absolute Gasteiger partial charge is 0.273 e. The van der Waals surface area contributed by atoms with Gasteiger partial charge in [0, 0.05) is 17.3 Å². The van der Waals surface area contributed by atoms with Crippen molar-refractivity contribution in [3.05, 3.63) is 17.5 Å². The van der Waals surface area contributed by atoms with Gasteiger partial charge < -0.3 is 0 Å². The third-order valence-corrected chi connectivity index (χ3v) is 1.80. The third-order valence-electron chi connectivity index (χ3n) is 1.80. The number of carbonyl (C=O) groups is 1. The SMILES string of the molecule is Cc1cc(C)nc(NNC(=O)C(C)C)n1. The number of aryl methyl sites for hydroxylation is 2.